The van der Waals surface area contributed by atoms with Crippen molar-refractivity contribution in [3.63, 3.8) is 0 Å². The maximum Gasteiger partial charge on any atom is 0.239 e. The zero-order valence-electron chi connectivity index (χ0n) is 14.2. The monoisotopic (exact) mass is 334 g/mol. The van der Waals surface area contributed by atoms with Gasteiger partial charge in [-0.1, -0.05) is 12.1 Å². The number of ether oxygens (including phenoxy) is 3. The quantitative estimate of drug-likeness (QED) is 0.817. The number of morpholine rings is 1. The molecule has 2 N–H and O–H groups in total. The summed E-state index contributed by atoms with van der Waals surface area (Å²) in [7, 11) is 0. The largest absolute Gasteiger partial charge is 0.491 e. The lowest BCUT2D eigenvalue weighted by molar-refractivity contribution is -0.126. The number of aryl methyl sites for hydroxylation is 1. The summed E-state index contributed by atoms with van der Waals surface area (Å²) < 4.78 is 16.9. The summed E-state index contributed by atoms with van der Waals surface area (Å²) in [4.78, 5) is 12.2. The van der Waals surface area contributed by atoms with E-state index in [1.165, 1.54) is 0 Å². The number of rotatable bonds is 6. The molecular formula is C18H26N2O4. The fraction of sp³-hybridized carbons (Fsp3) is 0.611. The van der Waals surface area contributed by atoms with Crippen LogP contribution in [0.1, 0.15) is 24.0 Å². The van der Waals surface area contributed by atoms with Gasteiger partial charge >= 0.3 is 0 Å². The van der Waals surface area contributed by atoms with Crippen molar-refractivity contribution in [1.82, 2.24) is 10.6 Å². The van der Waals surface area contributed by atoms with Gasteiger partial charge in [0, 0.05) is 25.3 Å². The van der Waals surface area contributed by atoms with E-state index in [1.54, 1.807) is 0 Å². The summed E-state index contributed by atoms with van der Waals surface area (Å²) in [6, 6.07) is 5.77. The van der Waals surface area contributed by atoms with E-state index in [2.05, 4.69) is 10.6 Å². The molecule has 0 spiro atoms. The maximum atomic E-state index is 12.2. The van der Waals surface area contributed by atoms with Gasteiger partial charge in [0.2, 0.25) is 5.91 Å². The van der Waals surface area contributed by atoms with E-state index in [4.69, 9.17) is 14.2 Å². The lowest BCUT2D eigenvalue weighted by Gasteiger charge is -2.23. The average molecular weight is 334 g/mol. The standard InChI is InChI=1S/C18H26N2O4/c1-13-4-5-14(10-20-18(21)16-12-22-8-6-19-16)17(9-13)24-11-15-3-2-7-23-15/h4-5,9,15-16,19H,2-3,6-8,10-12H2,1H3,(H,20,21). The summed E-state index contributed by atoms with van der Waals surface area (Å²) in [5.41, 5.74) is 2.11. The van der Waals surface area contributed by atoms with Crippen LogP contribution in [0.3, 0.4) is 0 Å². The minimum atomic E-state index is -0.277. The summed E-state index contributed by atoms with van der Waals surface area (Å²) in [6.45, 7) is 5.63. The highest BCUT2D eigenvalue weighted by Crippen LogP contribution is 2.22. The number of carbonyl (C=O) groups is 1. The van der Waals surface area contributed by atoms with Crippen LogP contribution < -0.4 is 15.4 Å². The second-order valence-corrected chi connectivity index (χ2v) is 6.36. The number of amides is 1. The molecule has 3 rings (SSSR count). The Labute approximate surface area is 142 Å². The van der Waals surface area contributed by atoms with E-state index in [-0.39, 0.29) is 18.1 Å². The molecule has 0 bridgehead atoms. The first-order chi connectivity index (χ1) is 11.7. The number of hydrogen-bond acceptors (Lipinski definition) is 5. The second-order valence-electron chi connectivity index (χ2n) is 6.36. The zero-order valence-corrected chi connectivity index (χ0v) is 14.2. The molecule has 2 aliphatic heterocycles. The summed E-state index contributed by atoms with van der Waals surface area (Å²) in [5.74, 6) is 0.777. The van der Waals surface area contributed by atoms with E-state index < -0.39 is 0 Å². The average Bonchev–Trinajstić information content (AvgIpc) is 3.13. The number of nitrogens with one attached hydrogen (secondary N) is 2. The Bertz CT molecular complexity index is 552. The zero-order chi connectivity index (χ0) is 16.8. The lowest BCUT2D eigenvalue weighted by Crippen LogP contribution is -2.51. The lowest BCUT2D eigenvalue weighted by atomic mass is 10.1. The Morgan fingerprint density at radius 2 is 2.33 bits per heavy atom. The third kappa shape index (κ3) is 4.69. The Balaban J connectivity index is 1.56. The Kier molecular flexibility index (Phi) is 6.07. The van der Waals surface area contributed by atoms with Crippen LogP contribution in [-0.2, 0) is 20.8 Å². The Hall–Kier alpha value is -1.63. The van der Waals surface area contributed by atoms with Crippen molar-refractivity contribution < 1.29 is 19.0 Å². The highest BCUT2D eigenvalue weighted by atomic mass is 16.5. The van der Waals surface area contributed by atoms with Gasteiger partial charge in [-0.2, -0.15) is 0 Å². The van der Waals surface area contributed by atoms with Crippen LogP contribution >= 0.6 is 0 Å². The van der Waals surface area contributed by atoms with Gasteiger partial charge in [0.25, 0.3) is 0 Å². The first kappa shape index (κ1) is 17.2. The van der Waals surface area contributed by atoms with E-state index in [0.29, 0.717) is 32.9 Å². The van der Waals surface area contributed by atoms with Crippen LogP contribution in [0.15, 0.2) is 18.2 Å². The molecule has 6 heteroatoms. The van der Waals surface area contributed by atoms with Crippen molar-refractivity contribution in [2.75, 3.05) is 33.0 Å². The summed E-state index contributed by atoms with van der Waals surface area (Å²) in [5, 5.41) is 6.12. The molecular weight excluding hydrogens is 308 g/mol. The molecule has 132 valence electrons. The van der Waals surface area contributed by atoms with Crippen molar-refractivity contribution in [3.05, 3.63) is 29.3 Å². The highest BCUT2D eigenvalue weighted by Gasteiger charge is 2.21. The van der Waals surface area contributed by atoms with Crippen molar-refractivity contribution in [2.24, 2.45) is 0 Å². The third-order valence-corrected chi connectivity index (χ3v) is 4.36. The van der Waals surface area contributed by atoms with Crippen molar-refractivity contribution in [2.45, 2.75) is 38.5 Å². The fourth-order valence-electron chi connectivity index (χ4n) is 2.94. The molecule has 1 aromatic carbocycles. The topological polar surface area (TPSA) is 68.8 Å². The van der Waals surface area contributed by atoms with Crippen molar-refractivity contribution in [1.29, 1.82) is 0 Å². The molecule has 0 aliphatic carbocycles. The molecule has 1 amide bonds. The summed E-state index contributed by atoms with van der Waals surface area (Å²) in [6.07, 6.45) is 2.32. The first-order valence-corrected chi connectivity index (χ1v) is 8.65. The minimum absolute atomic E-state index is 0.0413. The first-order valence-electron chi connectivity index (χ1n) is 8.65. The predicted octanol–water partition coefficient (Wildman–Crippen LogP) is 1.16. The number of carbonyl (C=O) groups excluding carboxylic acids is 1. The van der Waals surface area contributed by atoms with E-state index in [9.17, 15) is 4.79 Å². The van der Waals surface area contributed by atoms with Gasteiger partial charge in [0.15, 0.2) is 0 Å². The van der Waals surface area contributed by atoms with Crippen LogP contribution in [0.2, 0.25) is 0 Å². The molecule has 1 aromatic rings. The number of hydrogen-bond donors (Lipinski definition) is 2. The molecule has 2 heterocycles. The third-order valence-electron chi connectivity index (χ3n) is 4.36. The molecule has 2 saturated heterocycles. The van der Waals surface area contributed by atoms with Crippen molar-refractivity contribution in [3.8, 4) is 5.75 Å². The van der Waals surface area contributed by atoms with Crippen molar-refractivity contribution >= 4 is 5.91 Å². The molecule has 0 saturated carbocycles. The van der Waals surface area contributed by atoms with Gasteiger partial charge in [0.05, 0.1) is 19.3 Å². The smallest absolute Gasteiger partial charge is 0.239 e. The van der Waals surface area contributed by atoms with E-state index >= 15 is 0 Å². The van der Waals surface area contributed by atoms with Gasteiger partial charge in [-0.15, -0.1) is 0 Å². The van der Waals surface area contributed by atoms with Gasteiger partial charge < -0.3 is 24.8 Å². The predicted molar refractivity (Wildman–Crippen MR) is 90.1 cm³/mol. The molecule has 6 nitrogen and oxygen atoms in total. The normalized spacial score (nSPS) is 23.9. The molecule has 2 unspecified atom stereocenters. The number of benzene rings is 1. The van der Waals surface area contributed by atoms with E-state index in [1.807, 2.05) is 25.1 Å². The van der Waals surface area contributed by atoms with Crippen LogP contribution in [0, 0.1) is 6.92 Å². The van der Waals surface area contributed by atoms with Gasteiger partial charge in [-0.3, -0.25) is 4.79 Å². The minimum Gasteiger partial charge on any atom is -0.491 e. The Morgan fingerprint density at radius 1 is 1.42 bits per heavy atom. The highest BCUT2D eigenvalue weighted by molar-refractivity contribution is 5.82. The molecule has 24 heavy (non-hydrogen) atoms. The molecule has 0 aromatic heterocycles. The van der Waals surface area contributed by atoms with Crippen LogP contribution in [-0.4, -0.2) is 51.0 Å². The molecule has 0 radical (unpaired) electrons. The fourth-order valence-corrected chi connectivity index (χ4v) is 2.94. The van der Waals surface area contributed by atoms with Gasteiger partial charge in [0.1, 0.15) is 18.4 Å². The van der Waals surface area contributed by atoms with Gasteiger partial charge in [-0.05, 0) is 31.4 Å². The van der Waals surface area contributed by atoms with Crippen LogP contribution in [0.25, 0.3) is 0 Å². The molecule has 2 aliphatic rings. The van der Waals surface area contributed by atoms with E-state index in [0.717, 1.165) is 36.3 Å². The SMILES string of the molecule is Cc1ccc(CNC(=O)C2COCCN2)c(OCC2CCCO2)c1. The van der Waals surface area contributed by atoms with Crippen LogP contribution in [0.5, 0.6) is 5.75 Å². The Morgan fingerprint density at radius 3 is 3.08 bits per heavy atom. The van der Waals surface area contributed by atoms with Gasteiger partial charge in [-0.25, -0.2) is 0 Å². The molecule has 2 atom stereocenters. The maximum absolute atomic E-state index is 12.2. The summed E-state index contributed by atoms with van der Waals surface area (Å²) >= 11 is 0. The van der Waals surface area contributed by atoms with Crippen LogP contribution in [0.4, 0.5) is 0 Å². The molecule has 2 fully saturated rings. The second kappa shape index (κ2) is 8.46.